The van der Waals surface area contributed by atoms with Gasteiger partial charge in [-0.25, -0.2) is 13.2 Å². The molecule has 2 heterocycles. The second-order valence-corrected chi connectivity index (χ2v) is 8.71. The molecule has 0 spiro atoms. The first-order valence-electron chi connectivity index (χ1n) is 11.0. The van der Waals surface area contributed by atoms with Gasteiger partial charge in [0.05, 0.1) is 17.7 Å². The molecule has 0 aliphatic heterocycles. The van der Waals surface area contributed by atoms with Crippen LogP contribution in [-0.2, 0) is 11.2 Å². The Kier molecular flexibility index (Phi) is 6.59. The number of ether oxygens (including phenoxy) is 1. The summed E-state index contributed by atoms with van der Waals surface area (Å²) < 4.78 is 48.8. The predicted molar refractivity (Wildman–Crippen MR) is 125 cm³/mol. The molecule has 4 aromatic rings. The molecular weight excluding hydrogens is 479 g/mol. The van der Waals surface area contributed by atoms with Crippen molar-refractivity contribution in [1.29, 1.82) is 0 Å². The number of nitrogens with two attached hydrogens (primary N) is 1. The Hall–Kier alpha value is -4.12. The minimum Gasteiger partial charge on any atom is -0.493 e. The zero-order chi connectivity index (χ0) is 26.2. The average molecular weight is 501 g/mol. The van der Waals surface area contributed by atoms with Gasteiger partial charge in [-0.15, -0.1) is 0 Å². The largest absolute Gasteiger partial charge is 0.493 e. The lowest BCUT2D eigenvalue weighted by atomic mass is 9.98. The molecular formula is C25H22F3N3O5. The van der Waals surface area contributed by atoms with Crippen molar-refractivity contribution in [2.24, 2.45) is 5.73 Å². The van der Waals surface area contributed by atoms with Crippen LogP contribution in [0.4, 0.5) is 13.2 Å². The fourth-order valence-electron chi connectivity index (χ4n) is 3.89. The normalized spacial score (nSPS) is 13.1. The molecule has 4 rings (SSSR count). The number of nitrogens with zero attached hydrogens (tertiary/aromatic N) is 1. The number of aliphatic carboxylic acids is 1. The quantitative estimate of drug-likeness (QED) is 0.238. The molecule has 11 heteroatoms. The van der Waals surface area contributed by atoms with E-state index in [1.807, 2.05) is 0 Å². The number of H-pyrrole nitrogens is 1. The van der Waals surface area contributed by atoms with E-state index in [1.54, 1.807) is 0 Å². The number of hydrogen-bond acceptors (Lipinski definition) is 5. The van der Waals surface area contributed by atoms with Gasteiger partial charge in [0, 0.05) is 30.7 Å². The first-order valence-corrected chi connectivity index (χ1v) is 11.0. The minimum absolute atomic E-state index is 0.0152. The van der Waals surface area contributed by atoms with Crippen LogP contribution in [-0.4, -0.2) is 38.4 Å². The Bertz CT molecular complexity index is 1560. The molecule has 4 N–H and O–H groups in total. The van der Waals surface area contributed by atoms with Crippen LogP contribution in [0.25, 0.3) is 16.7 Å². The van der Waals surface area contributed by atoms with Crippen molar-refractivity contribution < 1.29 is 32.6 Å². The Balaban J connectivity index is 1.64. The smallest absolute Gasteiger partial charge is 0.323 e. The van der Waals surface area contributed by atoms with Gasteiger partial charge in [-0.05, 0) is 37.5 Å². The predicted octanol–water partition coefficient (Wildman–Crippen LogP) is 3.58. The molecule has 0 saturated carbocycles. The molecule has 188 valence electrons. The van der Waals surface area contributed by atoms with E-state index in [2.05, 4.69) is 4.98 Å². The second kappa shape index (κ2) is 9.50. The van der Waals surface area contributed by atoms with E-state index in [1.165, 1.54) is 19.1 Å². The number of benzene rings is 2. The topological polar surface area (TPSA) is 127 Å². The SMILES string of the molecule is CC(N)(CCCOc1cc(F)c2c(c1)[nH]c1c(C(=O)Cc3ccc(F)cc3F)ccc(=O)n12)C(=O)O. The van der Waals surface area contributed by atoms with E-state index < -0.39 is 46.7 Å². The number of carboxylic acids is 1. The third kappa shape index (κ3) is 4.82. The van der Waals surface area contributed by atoms with Crippen LogP contribution >= 0.6 is 0 Å². The number of imidazole rings is 1. The fraction of sp³-hybridized carbons (Fsp3) is 0.240. The van der Waals surface area contributed by atoms with Crippen molar-refractivity contribution in [3.05, 3.63) is 81.4 Å². The van der Waals surface area contributed by atoms with Gasteiger partial charge in [-0.1, -0.05) is 6.07 Å². The molecule has 0 saturated heterocycles. The highest BCUT2D eigenvalue weighted by Gasteiger charge is 2.27. The molecule has 0 amide bonds. The number of ketones is 1. The average Bonchev–Trinajstić information content (AvgIpc) is 3.19. The molecule has 1 atom stereocenters. The van der Waals surface area contributed by atoms with Crippen LogP contribution in [0.5, 0.6) is 5.75 Å². The lowest BCUT2D eigenvalue weighted by molar-refractivity contribution is -0.143. The lowest BCUT2D eigenvalue weighted by Crippen LogP contribution is -2.44. The summed E-state index contributed by atoms with van der Waals surface area (Å²) in [5.41, 5.74) is 3.74. The maximum Gasteiger partial charge on any atom is 0.323 e. The zero-order valence-corrected chi connectivity index (χ0v) is 19.1. The zero-order valence-electron chi connectivity index (χ0n) is 19.1. The van der Waals surface area contributed by atoms with Crippen molar-refractivity contribution in [1.82, 2.24) is 9.38 Å². The number of nitrogens with one attached hydrogen (secondary N) is 1. The Labute approximate surface area is 202 Å². The van der Waals surface area contributed by atoms with Crippen molar-refractivity contribution in [3.63, 3.8) is 0 Å². The van der Waals surface area contributed by atoms with Crippen LogP contribution in [0.3, 0.4) is 0 Å². The summed E-state index contributed by atoms with van der Waals surface area (Å²) in [6.45, 7) is 1.45. The van der Waals surface area contributed by atoms with Gasteiger partial charge in [0.15, 0.2) is 11.6 Å². The van der Waals surface area contributed by atoms with Crippen LogP contribution in [0.15, 0.2) is 47.3 Å². The van der Waals surface area contributed by atoms with Gasteiger partial charge in [-0.2, -0.15) is 0 Å². The number of rotatable bonds is 9. The molecule has 2 aromatic carbocycles. The second-order valence-electron chi connectivity index (χ2n) is 8.71. The summed E-state index contributed by atoms with van der Waals surface area (Å²) in [7, 11) is 0. The van der Waals surface area contributed by atoms with E-state index in [0.29, 0.717) is 12.5 Å². The summed E-state index contributed by atoms with van der Waals surface area (Å²) in [5.74, 6) is -4.04. The van der Waals surface area contributed by atoms with Gasteiger partial charge in [0.1, 0.15) is 34.1 Å². The van der Waals surface area contributed by atoms with Crippen LogP contribution in [0.2, 0.25) is 0 Å². The lowest BCUT2D eigenvalue weighted by Gasteiger charge is -2.18. The Morgan fingerprint density at radius 2 is 1.86 bits per heavy atom. The Morgan fingerprint density at radius 1 is 1.11 bits per heavy atom. The van der Waals surface area contributed by atoms with Crippen molar-refractivity contribution in [2.45, 2.75) is 31.7 Å². The number of carbonyl (C=O) groups is 2. The minimum atomic E-state index is -1.42. The van der Waals surface area contributed by atoms with E-state index in [9.17, 15) is 23.2 Å². The molecule has 0 fully saturated rings. The third-order valence-corrected chi connectivity index (χ3v) is 5.87. The number of hydrogen-bond donors (Lipinski definition) is 3. The summed E-state index contributed by atoms with van der Waals surface area (Å²) in [4.78, 5) is 39.4. The number of halogens is 3. The van der Waals surface area contributed by atoms with Crippen molar-refractivity contribution in [3.8, 4) is 5.75 Å². The van der Waals surface area contributed by atoms with Gasteiger partial charge in [-0.3, -0.25) is 18.8 Å². The molecule has 8 nitrogen and oxygen atoms in total. The van der Waals surface area contributed by atoms with E-state index in [4.69, 9.17) is 15.6 Å². The number of fused-ring (bicyclic) bond motifs is 3. The monoisotopic (exact) mass is 501 g/mol. The fourth-order valence-corrected chi connectivity index (χ4v) is 3.89. The molecule has 0 aliphatic carbocycles. The summed E-state index contributed by atoms with van der Waals surface area (Å²) in [6.07, 6.45) is 0.0290. The number of aromatic amines is 1. The van der Waals surface area contributed by atoms with Crippen LogP contribution in [0.1, 0.15) is 35.7 Å². The molecule has 0 aliphatic rings. The van der Waals surface area contributed by atoms with Gasteiger partial charge >= 0.3 is 5.97 Å². The molecule has 0 bridgehead atoms. The first kappa shape index (κ1) is 25.0. The van der Waals surface area contributed by atoms with E-state index >= 15 is 4.39 Å². The summed E-state index contributed by atoms with van der Waals surface area (Å²) in [5, 5.41) is 9.07. The summed E-state index contributed by atoms with van der Waals surface area (Å²) >= 11 is 0. The number of carboxylic acid groups (broad SMARTS) is 1. The highest BCUT2D eigenvalue weighted by molar-refractivity contribution is 6.04. The van der Waals surface area contributed by atoms with Crippen LogP contribution < -0.4 is 16.0 Å². The highest BCUT2D eigenvalue weighted by atomic mass is 19.1. The Morgan fingerprint density at radius 3 is 2.56 bits per heavy atom. The van der Waals surface area contributed by atoms with Crippen LogP contribution in [0, 0.1) is 17.5 Å². The van der Waals surface area contributed by atoms with E-state index in [-0.39, 0.29) is 46.6 Å². The van der Waals surface area contributed by atoms with Gasteiger partial charge in [0.25, 0.3) is 5.56 Å². The highest BCUT2D eigenvalue weighted by Crippen LogP contribution is 2.27. The van der Waals surface area contributed by atoms with Gasteiger partial charge in [0.2, 0.25) is 0 Å². The third-order valence-electron chi connectivity index (χ3n) is 5.87. The number of carbonyl (C=O) groups excluding carboxylic acids is 1. The molecule has 0 radical (unpaired) electrons. The molecule has 1 unspecified atom stereocenters. The van der Waals surface area contributed by atoms with Gasteiger partial charge < -0.3 is 20.6 Å². The molecule has 36 heavy (non-hydrogen) atoms. The van der Waals surface area contributed by atoms with Crippen molar-refractivity contribution >= 4 is 28.4 Å². The maximum atomic E-state index is 15.0. The summed E-state index contributed by atoms with van der Waals surface area (Å²) in [6, 6.07) is 7.74. The van der Waals surface area contributed by atoms with Crippen molar-refractivity contribution in [2.75, 3.05) is 6.61 Å². The number of pyridine rings is 1. The number of aromatic nitrogens is 2. The van der Waals surface area contributed by atoms with E-state index in [0.717, 1.165) is 28.7 Å². The standard InChI is InChI=1S/C25H22F3N3O5/c1-25(29,24(34)35)7-2-8-36-15-11-18(28)22-19(12-15)30-23-16(5-6-21(33)31(22)23)20(32)9-13-3-4-14(26)10-17(13)27/h3-6,10-12,30H,2,7-9,29H2,1H3,(H,34,35). The first-order chi connectivity index (χ1) is 17.0. The molecule has 2 aromatic heterocycles. The number of Topliss-reactive ketones (excluding diaryl/α,β-unsaturated/α-hetero) is 1. The maximum absolute atomic E-state index is 15.0.